The van der Waals surface area contributed by atoms with E-state index in [9.17, 15) is 9.18 Å². The van der Waals surface area contributed by atoms with Crippen molar-refractivity contribution in [3.05, 3.63) is 11.9 Å². The molecule has 5 heteroatoms. The number of carbonyl (C=O) groups is 1. The standard InChI is InChI=1S/C10H17FN2O2/c1-8(10(14)15)7-9(11)3-2-5-13-6-4-12/h4,7-8,12-13H,2-3,5-6H2,1H3,(H,14,15). The van der Waals surface area contributed by atoms with E-state index in [1.54, 1.807) is 0 Å². The maximum Gasteiger partial charge on any atom is 0.310 e. The van der Waals surface area contributed by atoms with Gasteiger partial charge in [-0.2, -0.15) is 0 Å². The number of hydrogen-bond donors (Lipinski definition) is 3. The third-order valence-electron chi connectivity index (χ3n) is 1.84. The van der Waals surface area contributed by atoms with Crippen molar-refractivity contribution in [2.75, 3.05) is 13.1 Å². The Morgan fingerprint density at radius 3 is 2.87 bits per heavy atom. The summed E-state index contributed by atoms with van der Waals surface area (Å²) in [4.78, 5) is 10.4. The first kappa shape index (κ1) is 13.8. The highest BCUT2D eigenvalue weighted by Crippen LogP contribution is 2.10. The lowest BCUT2D eigenvalue weighted by atomic mass is 10.1. The summed E-state index contributed by atoms with van der Waals surface area (Å²) in [5.41, 5.74) is 0. The van der Waals surface area contributed by atoms with Crippen molar-refractivity contribution in [1.29, 1.82) is 5.41 Å². The molecule has 0 fully saturated rings. The molecule has 0 saturated heterocycles. The minimum atomic E-state index is -1.02. The van der Waals surface area contributed by atoms with E-state index in [1.807, 2.05) is 0 Å². The van der Waals surface area contributed by atoms with Crippen LogP contribution in [0.4, 0.5) is 4.39 Å². The molecule has 0 spiro atoms. The SMILES string of the molecule is CC(C=C(F)CCCNCC=N)C(=O)O. The highest BCUT2D eigenvalue weighted by atomic mass is 19.1. The van der Waals surface area contributed by atoms with Crippen LogP contribution in [-0.4, -0.2) is 30.4 Å². The van der Waals surface area contributed by atoms with Gasteiger partial charge in [0.1, 0.15) is 0 Å². The quantitative estimate of drug-likeness (QED) is 0.426. The predicted molar refractivity (Wildman–Crippen MR) is 56.9 cm³/mol. The zero-order valence-corrected chi connectivity index (χ0v) is 8.79. The summed E-state index contributed by atoms with van der Waals surface area (Å²) < 4.78 is 13.0. The van der Waals surface area contributed by atoms with Gasteiger partial charge in [0.15, 0.2) is 0 Å². The van der Waals surface area contributed by atoms with Crippen LogP contribution < -0.4 is 5.32 Å². The highest BCUT2D eigenvalue weighted by molar-refractivity contribution is 5.71. The highest BCUT2D eigenvalue weighted by Gasteiger charge is 2.08. The maximum atomic E-state index is 13.0. The molecule has 4 nitrogen and oxygen atoms in total. The summed E-state index contributed by atoms with van der Waals surface area (Å²) in [6, 6.07) is 0. The van der Waals surface area contributed by atoms with E-state index < -0.39 is 11.9 Å². The number of rotatable bonds is 8. The van der Waals surface area contributed by atoms with Gasteiger partial charge in [-0.05, 0) is 26.0 Å². The summed E-state index contributed by atoms with van der Waals surface area (Å²) in [5.74, 6) is -2.19. The molecule has 0 heterocycles. The number of allylic oxidation sites excluding steroid dienone is 1. The van der Waals surface area contributed by atoms with Crippen LogP contribution in [0.1, 0.15) is 19.8 Å². The second-order valence-electron chi connectivity index (χ2n) is 3.25. The van der Waals surface area contributed by atoms with Crippen molar-refractivity contribution in [3.63, 3.8) is 0 Å². The first-order valence-corrected chi connectivity index (χ1v) is 4.86. The summed E-state index contributed by atoms with van der Waals surface area (Å²) in [6.45, 7) is 2.55. The Morgan fingerprint density at radius 1 is 1.67 bits per heavy atom. The molecule has 0 aromatic rings. The van der Waals surface area contributed by atoms with E-state index in [0.29, 0.717) is 19.5 Å². The van der Waals surface area contributed by atoms with Crippen molar-refractivity contribution in [2.24, 2.45) is 5.92 Å². The van der Waals surface area contributed by atoms with E-state index in [1.165, 1.54) is 13.1 Å². The van der Waals surface area contributed by atoms with Gasteiger partial charge in [0.05, 0.1) is 11.7 Å². The smallest absolute Gasteiger partial charge is 0.310 e. The Labute approximate surface area is 88.7 Å². The van der Waals surface area contributed by atoms with Crippen LogP contribution in [0.25, 0.3) is 0 Å². The monoisotopic (exact) mass is 216 g/mol. The zero-order chi connectivity index (χ0) is 11.7. The van der Waals surface area contributed by atoms with Gasteiger partial charge in [0, 0.05) is 19.2 Å². The Bertz CT molecular complexity index is 242. The molecular weight excluding hydrogens is 199 g/mol. The number of carboxylic acid groups (broad SMARTS) is 1. The Hall–Kier alpha value is -1.23. The van der Waals surface area contributed by atoms with Crippen molar-refractivity contribution in [3.8, 4) is 0 Å². The average molecular weight is 216 g/mol. The fourth-order valence-corrected chi connectivity index (χ4v) is 0.982. The lowest BCUT2D eigenvalue weighted by molar-refractivity contribution is -0.139. The predicted octanol–water partition coefficient (Wildman–Crippen LogP) is 1.58. The summed E-state index contributed by atoms with van der Waals surface area (Å²) >= 11 is 0. The molecule has 0 radical (unpaired) electrons. The molecule has 0 amide bonds. The molecule has 0 aliphatic carbocycles. The number of carboxylic acids is 1. The molecule has 0 aliphatic heterocycles. The topological polar surface area (TPSA) is 73.2 Å². The zero-order valence-electron chi connectivity index (χ0n) is 8.79. The lowest BCUT2D eigenvalue weighted by Gasteiger charge is -2.02. The Kier molecular flexibility index (Phi) is 7.44. The van der Waals surface area contributed by atoms with Crippen LogP contribution in [0.3, 0.4) is 0 Å². The number of aliphatic carboxylic acids is 1. The fraction of sp³-hybridized carbons (Fsp3) is 0.600. The largest absolute Gasteiger partial charge is 0.481 e. The van der Waals surface area contributed by atoms with Crippen molar-refractivity contribution in [2.45, 2.75) is 19.8 Å². The van der Waals surface area contributed by atoms with E-state index in [-0.39, 0.29) is 12.2 Å². The van der Waals surface area contributed by atoms with Crippen molar-refractivity contribution < 1.29 is 14.3 Å². The lowest BCUT2D eigenvalue weighted by Crippen LogP contribution is -2.17. The van der Waals surface area contributed by atoms with E-state index >= 15 is 0 Å². The van der Waals surface area contributed by atoms with Gasteiger partial charge < -0.3 is 15.8 Å². The van der Waals surface area contributed by atoms with E-state index in [4.69, 9.17) is 10.5 Å². The van der Waals surface area contributed by atoms with Crippen LogP contribution >= 0.6 is 0 Å². The van der Waals surface area contributed by atoms with Gasteiger partial charge in [-0.25, -0.2) is 4.39 Å². The summed E-state index contributed by atoms with van der Waals surface area (Å²) in [7, 11) is 0. The van der Waals surface area contributed by atoms with Crippen LogP contribution in [0, 0.1) is 11.3 Å². The molecule has 0 aromatic carbocycles. The second kappa shape index (κ2) is 8.11. The van der Waals surface area contributed by atoms with Gasteiger partial charge in [0.2, 0.25) is 0 Å². The fourth-order valence-electron chi connectivity index (χ4n) is 0.982. The molecule has 3 N–H and O–H groups in total. The maximum absolute atomic E-state index is 13.0. The van der Waals surface area contributed by atoms with Gasteiger partial charge >= 0.3 is 5.97 Å². The molecule has 1 unspecified atom stereocenters. The summed E-state index contributed by atoms with van der Waals surface area (Å²) in [6.07, 6.45) is 3.20. The molecule has 0 aliphatic rings. The van der Waals surface area contributed by atoms with Crippen LogP contribution in [-0.2, 0) is 4.79 Å². The third kappa shape index (κ3) is 7.81. The Balaban J connectivity index is 3.68. The first-order valence-electron chi connectivity index (χ1n) is 4.86. The van der Waals surface area contributed by atoms with Gasteiger partial charge in [-0.3, -0.25) is 4.79 Å². The second-order valence-corrected chi connectivity index (χ2v) is 3.25. The number of halogens is 1. The molecular formula is C10H17FN2O2. The Morgan fingerprint density at radius 2 is 2.33 bits per heavy atom. The molecule has 0 aromatic heterocycles. The minimum absolute atomic E-state index is 0.239. The van der Waals surface area contributed by atoms with Crippen LogP contribution in [0.5, 0.6) is 0 Å². The van der Waals surface area contributed by atoms with Crippen molar-refractivity contribution in [1.82, 2.24) is 5.32 Å². The molecule has 1 atom stereocenters. The minimum Gasteiger partial charge on any atom is -0.481 e. The van der Waals surface area contributed by atoms with E-state index in [2.05, 4.69) is 5.32 Å². The average Bonchev–Trinajstić information content (AvgIpc) is 2.17. The van der Waals surface area contributed by atoms with Crippen LogP contribution in [0.2, 0.25) is 0 Å². The molecule has 86 valence electrons. The molecule has 0 rings (SSSR count). The number of nitrogens with one attached hydrogen (secondary N) is 2. The third-order valence-corrected chi connectivity index (χ3v) is 1.84. The normalized spacial score (nSPS) is 13.6. The summed E-state index contributed by atoms with van der Waals surface area (Å²) in [5, 5.41) is 18.2. The van der Waals surface area contributed by atoms with E-state index in [0.717, 1.165) is 6.08 Å². The van der Waals surface area contributed by atoms with Gasteiger partial charge in [-0.1, -0.05) is 0 Å². The van der Waals surface area contributed by atoms with Gasteiger partial charge in [0.25, 0.3) is 0 Å². The molecule has 0 saturated carbocycles. The van der Waals surface area contributed by atoms with Crippen molar-refractivity contribution >= 4 is 12.2 Å². The van der Waals surface area contributed by atoms with Gasteiger partial charge in [-0.15, -0.1) is 0 Å². The number of hydrogen-bond acceptors (Lipinski definition) is 3. The molecule has 15 heavy (non-hydrogen) atoms. The first-order chi connectivity index (χ1) is 7.07. The van der Waals surface area contributed by atoms with Crippen LogP contribution in [0.15, 0.2) is 11.9 Å². The molecule has 0 bridgehead atoms.